The minimum absolute atomic E-state index is 0.213. The zero-order valence-corrected chi connectivity index (χ0v) is 14.5. The number of rotatable bonds is 4. The molecule has 1 aliphatic heterocycles. The molecule has 1 amide bonds. The van der Waals surface area contributed by atoms with Crippen LogP contribution in [0.4, 0.5) is 4.39 Å². The van der Waals surface area contributed by atoms with Crippen LogP contribution in [0.15, 0.2) is 30.5 Å². The van der Waals surface area contributed by atoms with Crippen molar-refractivity contribution in [3.05, 3.63) is 52.6 Å². The molecule has 0 saturated carbocycles. The van der Waals surface area contributed by atoms with Crippen molar-refractivity contribution in [1.82, 2.24) is 19.6 Å². The van der Waals surface area contributed by atoms with E-state index >= 15 is 0 Å². The van der Waals surface area contributed by atoms with Gasteiger partial charge in [0.2, 0.25) is 0 Å². The van der Waals surface area contributed by atoms with Crippen molar-refractivity contribution in [1.29, 1.82) is 0 Å². The van der Waals surface area contributed by atoms with Crippen LogP contribution in [0.5, 0.6) is 0 Å². The molecule has 6 nitrogen and oxygen atoms in total. The molecule has 0 N–H and O–H groups in total. The van der Waals surface area contributed by atoms with Gasteiger partial charge in [-0.15, -0.1) is 0 Å². The van der Waals surface area contributed by atoms with E-state index in [1.165, 1.54) is 16.8 Å². The topological polar surface area (TPSA) is 58.4 Å². The number of carbonyl (C=O) groups is 2. The van der Waals surface area contributed by atoms with E-state index in [9.17, 15) is 14.0 Å². The minimum Gasteiger partial charge on any atom is -0.335 e. The van der Waals surface area contributed by atoms with Crippen molar-refractivity contribution in [2.75, 3.05) is 26.2 Å². The quantitative estimate of drug-likeness (QED) is 0.778. The van der Waals surface area contributed by atoms with E-state index < -0.39 is 6.04 Å². The standard InChI is InChI=1S/C17H18ClFN4O2/c1-21-10-14(18)16(20-21)17(25)23-8-6-22(7-9-23)15(11-24)12-2-4-13(19)5-3-12/h2-5,10-11,15H,6-9H2,1H3/t15-/m1/s1. The van der Waals surface area contributed by atoms with Crippen LogP contribution in [-0.4, -0.2) is 58.0 Å². The molecule has 1 aromatic heterocycles. The molecular formula is C17H18ClFN4O2. The third kappa shape index (κ3) is 3.72. The molecule has 0 bridgehead atoms. The Balaban J connectivity index is 1.66. The average Bonchev–Trinajstić information content (AvgIpc) is 2.95. The average molecular weight is 365 g/mol. The Morgan fingerprint density at radius 2 is 1.88 bits per heavy atom. The molecule has 0 radical (unpaired) electrons. The lowest BCUT2D eigenvalue weighted by molar-refractivity contribution is -0.113. The van der Waals surface area contributed by atoms with E-state index in [1.807, 2.05) is 4.90 Å². The number of halogens is 2. The summed E-state index contributed by atoms with van der Waals surface area (Å²) in [5.41, 5.74) is 0.979. The second-order valence-corrected chi connectivity index (χ2v) is 6.37. The molecule has 1 fully saturated rings. The first-order valence-corrected chi connectivity index (χ1v) is 8.30. The van der Waals surface area contributed by atoms with Gasteiger partial charge in [0.25, 0.3) is 5.91 Å². The van der Waals surface area contributed by atoms with Crippen LogP contribution < -0.4 is 0 Å². The third-order valence-corrected chi connectivity index (χ3v) is 4.60. The Morgan fingerprint density at radius 3 is 2.40 bits per heavy atom. The van der Waals surface area contributed by atoms with Crippen molar-refractivity contribution in [3.8, 4) is 0 Å². The zero-order chi connectivity index (χ0) is 18.0. The molecule has 0 spiro atoms. The molecule has 25 heavy (non-hydrogen) atoms. The van der Waals surface area contributed by atoms with E-state index in [0.29, 0.717) is 31.2 Å². The number of amides is 1. The molecule has 1 aromatic carbocycles. The second kappa shape index (κ2) is 7.33. The van der Waals surface area contributed by atoms with Crippen LogP contribution in [0.3, 0.4) is 0 Å². The first-order valence-electron chi connectivity index (χ1n) is 7.93. The maximum atomic E-state index is 13.1. The zero-order valence-electron chi connectivity index (χ0n) is 13.7. The number of aromatic nitrogens is 2. The summed E-state index contributed by atoms with van der Waals surface area (Å²) in [6.07, 6.45) is 2.43. The summed E-state index contributed by atoms with van der Waals surface area (Å²) >= 11 is 6.04. The van der Waals surface area contributed by atoms with Crippen LogP contribution in [0.1, 0.15) is 22.1 Å². The number of nitrogens with zero attached hydrogens (tertiary/aromatic N) is 4. The molecule has 1 aliphatic rings. The largest absolute Gasteiger partial charge is 0.335 e. The van der Waals surface area contributed by atoms with Crippen molar-refractivity contribution < 1.29 is 14.0 Å². The third-order valence-electron chi connectivity index (χ3n) is 4.32. The molecule has 0 aliphatic carbocycles. The maximum absolute atomic E-state index is 13.1. The molecule has 2 heterocycles. The van der Waals surface area contributed by atoms with Gasteiger partial charge >= 0.3 is 0 Å². The highest BCUT2D eigenvalue weighted by Crippen LogP contribution is 2.22. The molecule has 1 atom stereocenters. The molecule has 0 unspecified atom stereocenters. The van der Waals surface area contributed by atoms with E-state index in [-0.39, 0.29) is 17.4 Å². The number of aldehydes is 1. The van der Waals surface area contributed by atoms with E-state index in [2.05, 4.69) is 5.10 Å². The Kier molecular flexibility index (Phi) is 5.15. The first kappa shape index (κ1) is 17.6. The van der Waals surface area contributed by atoms with Crippen molar-refractivity contribution in [2.45, 2.75) is 6.04 Å². The van der Waals surface area contributed by atoms with Gasteiger partial charge in [-0.25, -0.2) is 4.39 Å². The first-order chi connectivity index (χ1) is 12.0. The lowest BCUT2D eigenvalue weighted by Crippen LogP contribution is -2.50. The summed E-state index contributed by atoms with van der Waals surface area (Å²) in [5, 5.41) is 4.43. The van der Waals surface area contributed by atoms with Gasteiger partial charge in [0.1, 0.15) is 12.1 Å². The number of carbonyl (C=O) groups excluding carboxylic acids is 2. The van der Waals surface area contributed by atoms with Crippen LogP contribution in [0.2, 0.25) is 5.02 Å². The normalized spacial score (nSPS) is 16.7. The Bertz CT molecular complexity index is 769. The van der Waals surface area contributed by atoms with Crippen molar-refractivity contribution >= 4 is 23.8 Å². The minimum atomic E-state index is -0.448. The van der Waals surface area contributed by atoms with Crippen molar-refractivity contribution in [2.24, 2.45) is 7.05 Å². The number of aryl methyl sites for hydroxylation is 1. The highest BCUT2D eigenvalue weighted by atomic mass is 35.5. The van der Waals surface area contributed by atoms with Crippen LogP contribution in [0, 0.1) is 5.82 Å². The van der Waals surface area contributed by atoms with Gasteiger partial charge in [0.05, 0.1) is 11.1 Å². The van der Waals surface area contributed by atoms with Gasteiger partial charge in [0.15, 0.2) is 5.69 Å². The van der Waals surface area contributed by atoms with Crippen molar-refractivity contribution in [3.63, 3.8) is 0 Å². The van der Waals surface area contributed by atoms with Gasteiger partial charge in [-0.3, -0.25) is 14.4 Å². The Labute approximate surface area is 149 Å². The molecular weight excluding hydrogens is 347 g/mol. The summed E-state index contributed by atoms with van der Waals surface area (Å²) < 4.78 is 14.6. The van der Waals surface area contributed by atoms with Crippen LogP contribution in [0.25, 0.3) is 0 Å². The van der Waals surface area contributed by atoms with Crippen LogP contribution in [-0.2, 0) is 11.8 Å². The van der Waals surface area contributed by atoms with E-state index in [0.717, 1.165) is 11.8 Å². The summed E-state index contributed by atoms with van der Waals surface area (Å²) in [7, 11) is 1.71. The summed E-state index contributed by atoms with van der Waals surface area (Å²) in [4.78, 5) is 27.7. The number of hydrogen-bond acceptors (Lipinski definition) is 4. The van der Waals surface area contributed by atoms with Gasteiger partial charge in [-0.05, 0) is 17.7 Å². The Morgan fingerprint density at radius 1 is 1.24 bits per heavy atom. The number of benzene rings is 1. The summed E-state index contributed by atoms with van der Waals surface area (Å²) in [6, 6.07) is 5.46. The molecule has 8 heteroatoms. The van der Waals surface area contributed by atoms with Gasteiger partial charge < -0.3 is 9.69 Å². The van der Waals surface area contributed by atoms with Crippen LogP contribution >= 0.6 is 11.6 Å². The van der Waals surface area contributed by atoms with E-state index in [1.54, 1.807) is 30.3 Å². The molecule has 3 rings (SSSR count). The van der Waals surface area contributed by atoms with Gasteiger partial charge in [0, 0.05) is 39.4 Å². The lowest BCUT2D eigenvalue weighted by atomic mass is 10.1. The lowest BCUT2D eigenvalue weighted by Gasteiger charge is -2.37. The second-order valence-electron chi connectivity index (χ2n) is 5.96. The highest BCUT2D eigenvalue weighted by Gasteiger charge is 2.29. The summed E-state index contributed by atoms with van der Waals surface area (Å²) in [5.74, 6) is -0.550. The fourth-order valence-corrected chi connectivity index (χ4v) is 3.25. The fraction of sp³-hybridized carbons (Fsp3) is 0.353. The monoisotopic (exact) mass is 364 g/mol. The Hall–Kier alpha value is -2.25. The maximum Gasteiger partial charge on any atom is 0.276 e. The predicted molar refractivity (Wildman–Crippen MR) is 90.9 cm³/mol. The fourth-order valence-electron chi connectivity index (χ4n) is 2.99. The number of piperazine rings is 1. The SMILES string of the molecule is Cn1cc(Cl)c(C(=O)N2CCN([C@H](C=O)c3ccc(F)cc3)CC2)n1. The van der Waals surface area contributed by atoms with Gasteiger partial charge in [-0.2, -0.15) is 5.10 Å². The molecule has 1 saturated heterocycles. The summed E-state index contributed by atoms with van der Waals surface area (Å²) in [6.45, 7) is 2.02. The predicted octanol–water partition coefficient (Wildman–Crippen LogP) is 1.91. The number of hydrogen-bond donors (Lipinski definition) is 0. The highest BCUT2D eigenvalue weighted by molar-refractivity contribution is 6.33. The molecule has 2 aromatic rings. The van der Waals surface area contributed by atoms with Gasteiger partial charge in [-0.1, -0.05) is 23.7 Å². The van der Waals surface area contributed by atoms with E-state index in [4.69, 9.17) is 11.6 Å². The molecule has 132 valence electrons. The smallest absolute Gasteiger partial charge is 0.276 e.